The summed E-state index contributed by atoms with van der Waals surface area (Å²) in [5, 5.41) is 3.50. The first kappa shape index (κ1) is 17.2. The van der Waals surface area contributed by atoms with Crippen LogP contribution >= 0.6 is 0 Å². The number of aromatic nitrogens is 1. The van der Waals surface area contributed by atoms with Gasteiger partial charge >= 0.3 is 6.18 Å². The molecule has 1 heterocycles. The number of H-pyrrole nitrogens is 1. The maximum absolute atomic E-state index is 12.4. The molecule has 7 heteroatoms. The largest absolute Gasteiger partial charge is 0.494 e. The monoisotopic (exact) mass is 328 g/mol. The van der Waals surface area contributed by atoms with Gasteiger partial charge in [0.2, 0.25) is 5.91 Å². The number of carbonyl (C=O) groups excluding carboxylic acids is 1. The molecule has 0 bridgehead atoms. The normalized spacial score (nSPS) is 13.1. The molecule has 0 aliphatic rings. The lowest BCUT2D eigenvalue weighted by Gasteiger charge is -2.15. The Morgan fingerprint density at radius 1 is 1.39 bits per heavy atom. The van der Waals surface area contributed by atoms with Crippen molar-refractivity contribution < 1.29 is 22.7 Å². The van der Waals surface area contributed by atoms with E-state index in [1.807, 2.05) is 0 Å². The predicted molar refractivity (Wildman–Crippen MR) is 82.6 cm³/mol. The molecule has 0 saturated heterocycles. The highest BCUT2D eigenvalue weighted by Gasteiger charge is 2.35. The summed E-state index contributed by atoms with van der Waals surface area (Å²) in [4.78, 5) is 14.2. The zero-order valence-electron chi connectivity index (χ0n) is 13.0. The number of hydrogen-bond donors (Lipinski definition) is 2. The van der Waals surface area contributed by atoms with E-state index in [2.05, 4.69) is 10.3 Å². The molecule has 2 N–H and O–H groups in total. The molecule has 1 atom stereocenters. The smallest absolute Gasteiger partial charge is 0.391 e. The van der Waals surface area contributed by atoms with Crippen LogP contribution in [0.5, 0.6) is 5.75 Å². The fourth-order valence-corrected chi connectivity index (χ4v) is 2.23. The number of hydrogen-bond acceptors (Lipinski definition) is 2. The number of benzene rings is 1. The van der Waals surface area contributed by atoms with E-state index in [4.69, 9.17) is 4.74 Å². The Hall–Kier alpha value is -2.18. The van der Waals surface area contributed by atoms with Crippen molar-refractivity contribution in [2.45, 2.75) is 32.9 Å². The van der Waals surface area contributed by atoms with Crippen molar-refractivity contribution in [2.75, 3.05) is 11.9 Å². The van der Waals surface area contributed by atoms with Gasteiger partial charge in [0.25, 0.3) is 0 Å². The molecule has 0 radical (unpaired) electrons. The number of aromatic amines is 1. The van der Waals surface area contributed by atoms with E-state index in [0.29, 0.717) is 17.9 Å². The Kier molecular flexibility index (Phi) is 5.18. The Labute approximate surface area is 132 Å². The van der Waals surface area contributed by atoms with Crippen molar-refractivity contribution in [1.82, 2.24) is 4.98 Å². The first-order valence-corrected chi connectivity index (χ1v) is 7.35. The number of carbonyl (C=O) groups is 1. The van der Waals surface area contributed by atoms with Crippen molar-refractivity contribution in [3.8, 4) is 5.75 Å². The molecule has 0 saturated carbocycles. The molecule has 23 heavy (non-hydrogen) atoms. The van der Waals surface area contributed by atoms with Crippen molar-refractivity contribution in [1.29, 1.82) is 0 Å². The molecule has 0 spiro atoms. The van der Waals surface area contributed by atoms with E-state index in [-0.39, 0.29) is 18.9 Å². The second-order valence-electron chi connectivity index (χ2n) is 5.52. The molecule has 0 fully saturated rings. The summed E-state index contributed by atoms with van der Waals surface area (Å²) in [6.45, 7) is 2.80. The van der Waals surface area contributed by atoms with E-state index in [0.717, 1.165) is 10.9 Å². The molecule has 0 aliphatic carbocycles. The number of alkyl halides is 3. The molecule has 1 unspecified atom stereocenters. The van der Waals surface area contributed by atoms with Crippen molar-refractivity contribution in [3.63, 3.8) is 0 Å². The lowest BCUT2D eigenvalue weighted by molar-refractivity contribution is -0.171. The third-order valence-corrected chi connectivity index (χ3v) is 3.57. The highest BCUT2D eigenvalue weighted by atomic mass is 19.4. The second-order valence-corrected chi connectivity index (χ2v) is 5.52. The highest BCUT2D eigenvalue weighted by molar-refractivity contribution is 6.01. The minimum Gasteiger partial charge on any atom is -0.494 e. The van der Waals surface area contributed by atoms with Gasteiger partial charge < -0.3 is 15.0 Å². The van der Waals surface area contributed by atoms with Crippen molar-refractivity contribution in [2.24, 2.45) is 5.92 Å². The van der Waals surface area contributed by atoms with Gasteiger partial charge in [0.15, 0.2) is 0 Å². The van der Waals surface area contributed by atoms with Gasteiger partial charge in [-0.1, -0.05) is 6.92 Å². The maximum atomic E-state index is 12.4. The molecule has 1 aromatic carbocycles. The van der Waals surface area contributed by atoms with Gasteiger partial charge in [-0.25, -0.2) is 0 Å². The molecular formula is C16H19F3N2O2. The number of rotatable bonds is 6. The molecular weight excluding hydrogens is 309 g/mol. The van der Waals surface area contributed by atoms with Gasteiger partial charge in [0.1, 0.15) is 5.75 Å². The SMILES string of the molecule is CC(=O)Nc1c[nH]c2ccc(OCCCC(C)C(F)(F)F)cc12. The lowest BCUT2D eigenvalue weighted by Crippen LogP contribution is -2.20. The van der Waals surface area contributed by atoms with Crippen molar-refractivity contribution >= 4 is 22.5 Å². The van der Waals surface area contributed by atoms with Crippen LogP contribution in [0.2, 0.25) is 0 Å². The van der Waals surface area contributed by atoms with Crippen LogP contribution in [0.3, 0.4) is 0 Å². The number of nitrogens with one attached hydrogen (secondary N) is 2. The minimum absolute atomic E-state index is 0.0348. The Bertz CT molecular complexity index is 680. The van der Waals surface area contributed by atoms with Crippen LogP contribution < -0.4 is 10.1 Å². The summed E-state index contributed by atoms with van der Waals surface area (Å²) in [7, 11) is 0. The summed E-state index contributed by atoms with van der Waals surface area (Å²) in [6.07, 6.45) is -2.12. The van der Waals surface area contributed by atoms with Gasteiger partial charge in [-0.15, -0.1) is 0 Å². The quantitative estimate of drug-likeness (QED) is 0.768. The number of amides is 1. The van der Waals surface area contributed by atoms with E-state index in [1.165, 1.54) is 13.8 Å². The molecule has 126 valence electrons. The van der Waals surface area contributed by atoms with Gasteiger partial charge in [0.05, 0.1) is 18.2 Å². The summed E-state index contributed by atoms with van der Waals surface area (Å²) >= 11 is 0. The standard InChI is InChI=1S/C16H19F3N2O2/c1-10(16(17,18)19)4-3-7-23-12-5-6-14-13(8-12)15(9-20-14)21-11(2)22/h5-6,8-10,20H,3-4,7H2,1-2H3,(H,21,22). The van der Waals surface area contributed by atoms with E-state index < -0.39 is 12.1 Å². The van der Waals surface area contributed by atoms with Crippen LogP contribution in [0.1, 0.15) is 26.7 Å². The van der Waals surface area contributed by atoms with Crippen LogP contribution in [-0.4, -0.2) is 23.7 Å². The first-order chi connectivity index (χ1) is 10.8. The van der Waals surface area contributed by atoms with Gasteiger partial charge in [-0.3, -0.25) is 4.79 Å². The van der Waals surface area contributed by atoms with Crippen LogP contribution in [0.25, 0.3) is 10.9 Å². The fourth-order valence-electron chi connectivity index (χ4n) is 2.23. The minimum atomic E-state index is -4.16. The highest BCUT2D eigenvalue weighted by Crippen LogP contribution is 2.30. The van der Waals surface area contributed by atoms with Crippen LogP contribution in [0.4, 0.5) is 18.9 Å². The molecule has 0 aliphatic heterocycles. The van der Waals surface area contributed by atoms with Gasteiger partial charge in [-0.2, -0.15) is 13.2 Å². The summed E-state index contributed by atoms with van der Waals surface area (Å²) in [5.74, 6) is -0.952. The van der Waals surface area contributed by atoms with Crippen LogP contribution in [-0.2, 0) is 4.79 Å². The molecule has 1 aromatic heterocycles. The predicted octanol–water partition coefficient (Wildman–Crippen LogP) is 4.48. The average Bonchev–Trinajstić information content (AvgIpc) is 2.84. The zero-order chi connectivity index (χ0) is 17.0. The average molecular weight is 328 g/mol. The fraction of sp³-hybridized carbons (Fsp3) is 0.438. The maximum Gasteiger partial charge on any atom is 0.391 e. The topological polar surface area (TPSA) is 54.1 Å². The number of halogens is 3. The lowest BCUT2D eigenvalue weighted by atomic mass is 10.1. The van der Waals surface area contributed by atoms with Crippen LogP contribution in [0, 0.1) is 5.92 Å². The second kappa shape index (κ2) is 6.93. The zero-order valence-corrected chi connectivity index (χ0v) is 13.0. The Balaban J connectivity index is 1.94. The Morgan fingerprint density at radius 3 is 2.78 bits per heavy atom. The van der Waals surface area contributed by atoms with Crippen molar-refractivity contribution in [3.05, 3.63) is 24.4 Å². The third kappa shape index (κ3) is 4.64. The summed E-state index contributed by atoms with van der Waals surface area (Å²) in [5.41, 5.74) is 1.48. The summed E-state index contributed by atoms with van der Waals surface area (Å²) in [6, 6.07) is 5.29. The Morgan fingerprint density at radius 2 is 2.13 bits per heavy atom. The van der Waals surface area contributed by atoms with E-state index >= 15 is 0 Å². The first-order valence-electron chi connectivity index (χ1n) is 7.35. The number of anilines is 1. The van der Waals surface area contributed by atoms with Gasteiger partial charge in [0, 0.05) is 24.0 Å². The van der Waals surface area contributed by atoms with E-state index in [9.17, 15) is 18.0 Å². The van der Waals surface area contributed by atoms with Gasteiger partial charge in [-0.05, 0) is 31.0 Å². The molecule has 1 amide bonds. The third-order valence-electron chi connectivity index (χ3n) is 3.57. The number of ether oxygens (including phenoxy) is 1. The molecule has 2 aromatic rings. The molecule has 2 rings (SSSR count). The van der Waals surface area contributed by atoms with E-state index in [1.54, 1.807) is 24.4 Å². The van der Waals surface area contributed by atoms with Crippen LogP contribution in [0.15, 0.2) is 24.4 Å². The summed E-state index contributed by atoms with van der Waals surface area (Å²) < 4.78 is 42.7. The number of fused-ring (bicyclic) bond motifs is 1. The molecule has 4 nitrogen and oxygen atoms in total.